The largest absolute Gasteiger partial charge is 0.481 e. The van der Waals surface area contributed by atoms with Gasteiger partial charge in [-0.3, -0.25) is 19.4 Å². The van der Waals surface area contributed by atoms with Crippen LogP contribution in [0.1, 0.15) is 6.42 Å². The van der Waals surface area contributed by atoms with Crippen LogP contribution >= 0.6 is 23.7 Å². The van der Waals surface area contributed by atoms with Crippen molar-refractivity contribution < 1.29 is 37.5 Å². The quantitative estimate of drug-likeness (QED) is 0.258. The molecule has 5 atom stereocenters. The SMILES string of the molecule is CN(CCBr)P(=O)(OC[C@H]1O[C@@H](C2C=C(F)C(=O)NC2=O)C[C@@H]1O)On1nnc2ccccc21. The number of aliphatic hydroxyl groups excluding tert-OH is 1. The molecule has 0 spiro atoms. The second kappa shape index (κ2) is 10.2. The second-order valence-electron chi connectivity index (χ2n) is 7.74. The smallest absolute Gasteiger partial charge is 0.390 e. The molecule has 2 aliphatic rings. The maximum absolute atomic E-state index is 13.7. The number of halogens is 2. The van der Waals surface area contributed by atoms with Crippen molar-refractivity contribution >= 4 is 46.5 Å². The second-order valence-corrected chi connectivity index (χ2v) is 10.6. The van der Waals surface area contributed by atoms with Crippen molar-refractivity contribution in [1.82, 2.24) is 25.1 Å². The summed E-state index contributed by atoms with van der Waals surface area (Å²) in [6, 6.07) is 6.92. The lowest BCUT2D eigenvalue weighted by Crippen LogP contribution is -2.44. The topological polar surface area (TPSA) is 145 Å². The highest BCUT2D eigenvalue weighted by atomic mass is 79.9. The number of hydrogen-bond donors (Lipinski definition) is 2. The summed E-state index contributed by atoms with van der Waals surface area (Å²) in [4.78, 5) is 24.4. The van der Waals surface area contributed by atoms with E-state index in [2.05, 4.69) is 26.2 Å². The number of ether oxygens (including phenoxy) is 1. The van der Waals surface area contributed by atoms with Gasteiger partial charge in [0.1, 0.15) is 17.1 Å². The number of aromatic nitrogens is 3. The van der Waals surface area contributed by atoms with Crippen LogP contribution in [0.15, 0.2) is 36.2 Å². The van der Waals surface area contributed by atoms with Gasteiger partial charge in [-0.2, -0.15) is 4.67 Å². The number of nitrogens with one attached hydrogen (secondary N) is 1. The van der Waals surface area contributed by atoms with Gasteiger partial charge in [-0.05, 0) is 30.5 Å². The fraction of sp³-hybridized carbons (Fsp3) is 0.474. The Balaban J connectivity index is 1.47. The molecule has 2 N–H and O–H groups in total. The van der Waals surface area contributed by atoms with Gasteiger partial charge in [0.2, 0.25) is 5.91 Å². The number of amides is 2. The van der Waals surface area contributed by atoms with Gasteiger partial charge in [0.25, 0.3) is 5.91 Å². The van der Waals surface area contributed by atoms with Gasteiger partial charge >= 0.3 is 7.75 Å². The normalized spacial score (nSPS) is 27.0. The van der Waals surface area contributed by atoms with E-state index in [-0.39, 0.29) is 13.0 Å². The number of aliphatic hydroxyl groups is 1. The lowest BCUT2D eigenvalue weighted by molar-refractivity contribution is -0.135. The molecule has 184 valence electrons. The third-order valence-electron chi connectivity index (χ3n) is 5.47. The molecule has 34 heavy (non-hydrogen) atoms. The third kappa shape index (κ3) is 5.07. The van der Waals surface area contributed by atoms with Crippen LogP contribution in [-0.2, 0) is 23.4 Å². The molecule has 3 heterocycles. The first kappa shape index (κ1) is 24.9. The number of fused-ring (bicyclic) bond motifs is 1. The van der Waals surface area contributed by atoms with Crippen molar-refractivity contribution in [3.63, 3.8) is 0 Å². The Kier molecular flexibility index (Phi) is 7.45. The van der Waals surface area contributed by atoms with E-state index in [1.165, 1.54) is 11.7 Å². The molecule has 2 aliphatic heterocycles. The third-order valence-corrected chi connectivity index (χ3v) is 7.69. The number of para-hydroxylation sites is 1. The Morgan fingerprint density at radius 3 is 2.94 bits per heavy atom. The number of nitrogens with zero attached hydrogens (tertiary/aromatic N) is 4. The molecule has 0 saturated carbocycles. The Morgan fingerprint density at radius 2 is 2.18 bits per heavy atom. The number of carbonyl (C=O) groups is 2. The minimum atomic E-state index is -4.00. The average Bonchev–Trinajstić information content (AvgIpc) is 3.38. The van der Waals surface area contributed by atoms with Crippen LogP contribution in [0.2, 0.25) is 0 Å². The fourth-order valence-corrected chi connectivity index (χ4v) is 5.76. The van der Waals surface area contributed by atoms with E-state index in [0.717, 1.165) is 10.9 Å². The zero-order valence-electron chi connectivity index (χ0n) is 17.9. The molecule has 1 aromatic heterocycles. The van der Waals surface area contributed by atoms with Crippen LogP contribution in [0.5, 0.6) is 0 Å². The van der Waals surface area contributed by atoms with E-state index < -0.39 is 49.6 Å². The minimum Gasteiger partial charge on any atom is -0.390 e. The summed E-state index contributed by atoms with van der Waals surface area (Å²) in [6.45, 7) is -0.0609. The van der Waals surface area contributed by atoms with Crippen LogP contribution in [0.3, 0.4) is 0 Å². The van der Waals surface area contributed by atoms with Gasteiger partial charge in [-0.1, -0.05) is 32.9 Å². The first-order valence-corrected chi connectivity index (χ1v) is 12.9. The van der Waals surface area contributed by atoms with Gasteiger partial charge in [-0.15, -0.1) is 5.10 Å². The Labute approximate surface area is 201 Å². The first-order chi connectivity index (χ1) is 16.2. The average molecular weight is 562 g/mol. The van der Waals surface area contributed by atoms with E-state index in [0.29, 0.717) is 22.9 Å². The summed E-state index contributed by atoms with van der Waals surface area (Å²) in [5, 5.41) is 20.6. The monoisotopic (exact) mass is 561 g/mol. The minimum absolute atomic E-state index is 0.0137. The molecule has 2 unspecified atom stereocenters. The van der Waals surface area contributed by atoms with Crippen molar-refractivity contribution in [3.05, 3.63) is 36.2 Å². The van der Waals surface area contributed by atoms with Crippen LogP contribution in [-0.4, -0.2) is 80.6 Å². The number of carbonyl (C=O) groups excluding carboxylic acids is 2. The van der Waals surface area contributed by atoms with E-state index in [1.54, 1.807) is 24.3 Å². The molecule has 15 heteroatoms. The lowest BCUT2D eigenvalue weighted by Gasteiger charge is -2.27. The number of hydrogen-bond acceptors (Lipinski definition) is 9. The summed E-state index contributed by atoms with van der Waals surface area (Å²) in [6.07, 6.45) is -2.11. The van der Waals surface area contributed by atoms with Crippen LogP contribution in [0, 0.1) is 5.92 Å². The van der Waals surface area contributed by atoms with Gasteiger partial charge in [0.15, 0.2) is 5.83 Å². The van der Waals surface area contributed by atoms with Gasteiger partial charge < -0.3 is 14.5 Å². The van der Waals surface area contributed by atoms with E-state index in [1.807, 2.05) is 5.32 Å². The summed E-state index contributed by atoms with van der Waals surface area (Å²) < 4.78 is 45.7. The number of alkyl halides is 1. The summed E-state index contributed by atoms with van der Waals surface area (Å²) in [5.41, 5.74) is 1.00. The molecule has 1 fully saturated rings. The maximum atomic E-state index is 13.7. The molecule has 0 aliphatic carbocycles. The van der Waals surface area contributed by atoms with Gasteiger partial charge in [0.05, 0.1) is 24.7 Å². The summed E-state index contributed by atoms with van der Waals surface area (Å²) in [5.74, 6) is -4.04. The highest BCUT2D eigenvalue weighted by Crippen LogP contribution is 2.48. The van der Waals surface area contributed by atoms with Crippen LogP contribution < -0.4 is 9.94 Å². The van der Waals surface area contributed by atoms with E-state index in [9.17, 15) is 23.7 Å². The fourth-order valence-electron chi connectivity index (χ4n) is 3.58. The molecular formula is C19H22BrFN5O7P. The van der Waals surface area contributed by atoms with Crippen LogP contribution in [0.4, 0.5) is 4.39 Å². The van der Waals surface area contributed by atoms with Gasteiger partial charge in [-0.25, -0.2) is 8.96 Å². The maximum Gasteiger partial charge on any atom is 0.481 e. The molecule has 2 amide bonds. The Hall–Kier alpha value is -2.22. The Morgan fingerprint density at radius 1 is 1.41 bits per heavy atom. The van der Waals surface area contributed by atoms with Crippen molar-refractivity contribution in [3.8, 4) is 0 Å². The van der Waals surface area contributed by atoms with Gasteiger partial charge in [0, 0.05) is 18.3 Å². The molecule has 12 nitrogen and oxygen atoms in total. The molecule has 0 bridgehead atoms. The van der Waals surface area contributed by atoms with Crippen molar-refractivity contribution in [2.75, 3.05) is 25.5 Å². The van der Waals surface area contributed by atoms with Crippen molar-refractivity contribution in [2.45, 2.75) is 24.7 Å². The van der Waals surface area contributed by atoms with Crippen molar-refractivity contribution in [1.29, 1.82) is 0 Å². The lowest BCUT2D eigenvalue weighted by atomic mass is 9.95. The molecule has 1 saturated heterocycles. The highest BCUT2D eigenvalue weighted by molar-refractivity contribution is 9.09. The van der Waals surface area contributed by atoms with Crippen LogP contribution in [0.25, 0.3) is 11.0 Å². The standard InChI is InChI=1S/C19H22BrFN5O7P/c1-25(7-6-20)34(30,33-26-14-5-3-2-4-13(14)23-24-26)31-10-17-15(27)9-16(32-17)11-8-12(21)19(29)22-18(11)28/h2-5,8,11,15-17,27H,6-7,9-10H2,1H3,(H,22,28,29)/t11?,15-,16+,17+,34?/m0/s1. The molecule has 2 aromatic rings. The molecular weight excluding hydrogens is 540 g/mol. The number of rotatable bonds is 9. The van der Waals surface area contributed by atoms with E-state index in [4.69, 9.17) is 13.9 Å². The summed E-state index contributed by atoms with van der Waals surface area (Å²) in [7, 11) is -2.47. The van der Waals surface area contributed by atoms with E-state index >= 15 is 0 Å². The Bertz CT molecular complexity index is 1160. The van der Waals surface area contributed by atoms with Crippen molar-refractivity contribution in [2.24, 2.45) is 5.92 Å². The molecule has 0 radical (unpaired) electrons. The number of imide groups is 1. The summed E-state index contributed by atoms with van der Waals surface area (Å²) >= 11 is 3.28. The predicted molar refractivity (Wildman–Crippen MR) is 119 cm³/mol. The number of benzene rings is 1. The predicted octanol–water partition coefficient (Wildman–Crippen LogP) is 0.956. The molecule has 4 rings (SSSR count). The highest BCUT2D eigenvalue weighted by Gasteiger charge is 2.44. The first-order valence-electron chi connectivity index (χ1n) is 10.3. The zero-order valence-corrected chi connectivity index (χ0v) is 20.4. The molecule has 1 aromatic carbocycles. The zero-order chi connectivity index (χ0) is 24.5.